The first-order chi connectivity index (χ1) is 13.7. The number of carbonyl (C=O) groups is 3. The van der Waals surface area contributed by atoms with Crippen LogP contribution in [0.1, 0.15) is 39.9 Å². The molecule has 0 amide bonds. The third kappa shape index (κ3) is 9.39. The number of carboxylic acids is 1. The lowest BCUT2D eigenvalue weighted by Crippen LogP contribution is -2.32. The first-order valence-electron chi connectivity index (χ1n) is 8.72. The number of hydrogen-bond acceptors (Lipinski definition) is 8. The zero-order valence-corrected chi connectivity index (χ0v) is 17.6. The normalized spacial score (nSPS) is 18.4. The second-order valence-corrected chi connectivity index (χ2v) is 8.49. The number of ether oxygens (including phenoxy) is 1. The Morgan fingerprint density at radius 3 is 2.43 bits per heavy atom. The van der Waals surface area contributed by atoms with Gasteiger partial charge in [0.15, 0.2) is 10.9 Å². The summed E-state index contributed by atoms with van der Waals surface area (Å²) in [5, 5.41) is 14.8. The van der Waals surface area contributed by atoms with E-state index in [1.54, 1.807) is 27.7 Å². The summed E-state index contributed by atoms with van der Waals surface area (Å²) >= 11 is 1.32. The molecule has 1 atom stereocenters. The number of hydrogen-bond donors (Lipinski definition) is 2. The van der Waals surface area contributed by atoms with Gasteiger partial charge in [0, 0.05) is 18.7 Å². The lowest BCUT2D eigenvalue weighted by Gasteiger charge is -2.24. The maximum Gasteiger partial charge on any atom is 0.490 e. The van der Waals surface area contributed by atoms with Crippen LogP contribution in [0.2, 0.25) is 0 Å². The number of carbonyl (C=O) groups excluding carboxylic acids is 2. The summed E-state index contributed by atoms with van der Waals surface area (Å²) in [5.74, 6) is -2.32. The van der Waals surface area contributed by atoms with Gasteiger partial charge in [0.05, 0.1) is 0 Å². The Labute approximate surface area is 175 Å². The van der Waals surface area contributed by atoms with Crippen LogP contribution in [0.4, 0.5) is 18.0 Å². The number of rotatable bonds is 2. The monoisotopic (exact) mass is 452 g/mol. The average Bonchev–Trinajstić information content (AvgIpc) is 3.03. The van der Waals surface area contributed by atoms with E-state index in [0.29, 0.717) is 12.4 Å². The lowest BCUT2D eigenvalue weighted by atomic mass is 10.1. The van der Waals surface area contributed by atoms with Crippen molar-refractivity contribution in [1.29, 1.82) is 0 Å². The van der Waals surface area contributed by atoms with Crippen molar-refractivity contribution in [2.24, 2.45) is 0 Å². The molecule has 1 aliphatic heterocycles. The van der Waals surface area contributed by atoms with Crippen LogP contribution in [0.15, 0.2) is 11.9 Å². The minimum absolute atomic E-state index is 0.0926. The summed E-state index contributed by atoms with van der Waals surface area (Å²) in [6, 6.07) is 0. The van der Waals surface area contributed by atoms with Crippen molar-refractivity contribution in [1.82, 2.24) is 20.1 Å². The molecule has 168 valence electrons. The SMILES string of the molecule is CC(=O)SC1CCNC/C1=C\c1ncn(C(=O)OC(C)(C)C)n1.O=C(O)C(F)(F)F. The predicted molar refractivity (Wildman–Crippen MR) is 103 cm³/mol. The fourth-order valence-electron chi connectivity index (χ4n) is 2.15. The molecule has 1 aromatic rings. The molecule has 2 N–H and O–H groups in total. The maximum absolute atomic E-state index is 11.9. The fraction of sp³-hybridized carbons (Fsp3) is 0.588. The van der Waals surface area contributed by atoms with Crippen LogP contribution in [-0.2, 0) is 14.3 Å². The zero-order chi connectivity index (χ0) is 23.1. The van der Waals surface area contributed by atoms with Crippen molar-refractivity contribution >= 4 is 35.0 Å². The molecule has 9 nitrogen and oxygen atoms in total. The molecule has 1 fully saturated rings. The number of alkyl halides is 3. The molecule has 1 saturated heterocycles. The van der Waals surface area contributed by atoms with Crippen LogP contribution in [0.25, 0.3) is 6.08 Å². The van der Waals surface area contributed by atoms with Gasteiger partial charge in [-0.2, -0.15) is 17.9 Å². The number of thioether (sulfide) groups is 1. The highest BCUT2D eigenvalue weighted by atomic mass is 32.2. The number of nitrogens with zero attached hydrogens (tertiary/aromatic N) is 3. The predicted octanol–water partition coefficient (Wildman–Crippen LogP) is 2.72. The van der Waals surface area contributed by atoms with E-state index in [2.05, 4.69) is 15.4 Å². The topological polar surface area (TPSA) is 123 Å². The Morgan fingerprint density at radius 2 is 1.93 bits per heavy atom. The first kappa shape index (κ1) is 25.6. The molecule has 1 aromatic heterocycles. The van der Waals surface area contributed by atoms with Crippen LogP contribution in [-0.4, -0.2) is 67.2 Å². The van der Waals surface area contributed by atoms with Crippen molar-refractivity contribution in [3.63, 3.8) is 0 Å². The third-order valence-electron chi connectivity index (χ3n) is 3.28. The third-order valence-corrected chi connectivity index (χ3v) is 4.44. The standard InChI is InChI=1S/C15H22N4O3S.C2HF3O2/c1-10(20)23-12-5-6-16-8-11(12)7-13-17-9-19(18-13)14(21)22-15(2,3)4;3-2(4,5)1(6)7/h7,9,12,16H,5-6,8H2,1-4H3;(H,6,7)/b11-7+;. The zero-order valence-electron chi connectivity index (χ0n) is 16.8. The Hall–Kier alpha value is -2.41. The number of aromatic nitrogens is 3. The van der Waals surface area contributed by atoms with E-state index in [0.717, 1.165) is 23.2 Å². The van der Waals surface area contributed by atoms with Gasteiger partial charge >= 0.3 is 18.2 Å². The fourth-order valence-corrected chi connectivity index (χ4v) is 3.09. The first-order valence-corrected chi connectivity index (χ1v) is 9.60. The maximum atomic E-state index is 11.9. The highest BCUT2D eigenvalue weighted by Gasteiger charge is 2.38. The molecule has 2 heterocycles. The Bertz CT molecular complexity index is 802. The van der Waals surface area contributed by atoms with Gasteiger partial charge in [-0.15, -0.1) is 5.10 Å². The minimum atomic E-state index is -5.08. The van der Waals surface area contributed by atoms with Gasteiger partial charge in [-0.25, -0.2) is 14.6 Å². The van der Waals surface area contributed by atoms with E-state index in [-0.39, 0.29) is 10.4 Å². The van der Waals surface area contributed by atoms with Crippen LogP contribution in [0, 0.1) is 0 Å². The number of piperidine rings is 1. The largest absolute Gasteiger partial charge is 0.490 e. The highest BCUT2D eigenvalue weighted by Crippen LogP contribution is 2.26. The molecule has 0 radical (unpaired) electrons. The minimum Gasteiger partial charge on any atom is -0.475 e. The van der Waals surface area contributed by atoms with E-state index in [9.17, 15) is 22.8 Å². The van der Waals surface area contributed by atoms with Crippen LogP contribution in [0.3, 0.4) is 0 Å². The lowest BCUT2D eigenvalue weighted by molar-refractivity contribution is -0.192. The molecule has 2 rings (SSSR count). The second kappa shape index (κ2) is 10.6. The van der Waals surface area contributed by atoms with Crippen molar-refractivity contribution in [2.45, 2.75) is 51.1 Å². The molecule has 1 aliphatic rings. The Kier molecular flexibility index (Phi) is 9.03. The van der Waals surface area contributed by atoms with Gasteiger partial charge in [0.25, 0.3) is 0 Å². The summed E-state index contributed by atoms with van der Waals surface area (Å²) < 4.78 is 38.1. The van der Waals surface area contributed by atoms with Gasteiger partial charge in [0.1, 0.15) is 11.9 Å². The van der Waals surface area contributed by atoms with E-state index >= 15 is 0 Å². The number of aliphatic carboxylic acids is 1. The van der Waals surface area contributed by atoms with Crippen LogP contribution >= 0.6 is 11.8 Å². The Morgan fingerprint density at radius 1 is 1.33 bits per heavy atom. The molecule has 0 aliphatic carbocycles. The summed E-state index contributed by atoms with van der Waals surface area (Å²) in [6.45, 7) is 8.51. The van der Waals surface area contributed by atoms with Crippen molar-refractivity contribution in [3.05, 3.63) is 17.7 Å². The number of halogens is 3. The van der Waals surface area contributed by atoms with Gasteiger partial charge in [-0.05, 0) is 45.4 Å². The molecule has 1 unspecified atom stereocenters. The van der Waals surface area contributed by atoms with E-state index in [1.807, 2.05) is 6.08 Å². The molecule has 0 spiro atoms. The quantitative estimate of drug-likeness (QED) is 0.697. The van der Waals surface area contributed by atoms with Crippen molar-refractivity contribution < 1.29 is 37.4 Å². The summed E-state index contributed by atoms with van der Waals surface area (Å²) in [4.78, 5) is 36.3. The smallest absolute Gasteiger partial charge is 0.475 e. The average molecular weight is 452 g/mol. The highest BCUT2D eigenvalue weighted by molar-refractivity contribution is 8.14. The van der Waals surface area contributed by atoms with E-state index < -0.39 is 23.8 Å². The van der Waals surface area contributed by atoms with Crippen molar-refractivity contribution in [3.8, 4) is 0 Å². The molecular formula is C17H23F3N4O5S. The summed E-state index contributed by atoms with van der Waals surface area (Å²) in [7, 11) is 0. The van der Waals surface area contributed by atoms with E-state index in [4.69, 9.17) is 14.6 Å². The summed E-state index contributed by atoms with van der Waals surface area (Å²) in [5.41, 5.74) is 0.469. The van der Waals surface area contributed by atoms with Gasteiger partial charge in [-0.3, -0.25) is 4.79 Å². The molecule has 0 aromatic carbocycles. The van der Waals surface area contributed by atoms with Crippen molar-refractivity contribution in [2.75, 3.05) is 13.1 Å². The summed E-state index contributed by atoms with van der Waals surface area (Å²) in [6.07, 6.45) is -1.61. The second-order valence-electron chi connectivity index (χ2n) is 7.11. The number of nitrogens with one attached hydrogen (secondary N) is 1. The number of carboxylic acid groups (broad SMARTS) is 1. The van der Waals surface area contributed by atoms with E-state index in [1.165, 1.54) is 18.1 Å². The van der Waals surface area contributed by atoms with Crippen LogP contribution < -0.4 is 5.32 Å². The van der Waals surface area contributed by atoms with Gasteiger partial charge < -0.3 is 15.2 Å². The molecule has 13 heteroatoms. The van der Waals surface area contributed by atoms with Gasteiger partial charge in [-0.1, -0.05) is 11.8 Å². The van der Waals surface area contributed by atoms with Gasteiger partial charge in [0.2, 0.25) is 0 Å². The molecule has 0 saturated carbocycles. The molecular weight excluding hydrogens is 429 g/mol. The Balaban J connectivity index is 0.000000553. The van der Waals surface area contributed by atoms with Crippen LogP contribution in [0.5, 0.6) is 0 Å². The molecule has 30 heavy (non-hydrogen) atoms. The molecule has 0 bridgehead atoms.